The minimum atomic E-state index is -0.351. The summed E-state index contributed by atoms with van der Waals surface area (Å²) in [7, 11) is 0. The molecule has 4 rings (SSSR count). The number of benzene rings is 3. The molecule has 0 aliphatic carbocycles. The summed E-state index contributed by atoms with van der Waals surface area (Å²) in [5, 5.41) is 12.3. The maximum atomic E-state index is 12.9. The summed E-state index contributed by atoms with van der Waals surface area (Å²) >= 11 is 1.40. The molecule has 0 radical (unpaired) electrons. The molecule has 0 saturated heterocycles. The van der Waals surface area contributed by atoms with Crippen molar-refractivity contribution >= 4 is 23.4 Å². The van der Waals surface area contributed by atoms with Crippen LogP contribution in [0, 0.1) is 13.8 Å². The van der Waals surface area contributed by atoms with E-state index in [0.717, 1.165) is 33.9 Å². The molecule has 5 nitrogen and oxygen atoms in total. The van der Waals surface area contributed by atoms with Gasteiger partial charge in [0, 0.05) is 16.9 Å². The van der Waals surface area contributed by atoms with Crippen LogP contribution in [0.25, 0.3) is 17.1 Å². The van der Waals surface area contributed by atoms with E-state index in [2.05, 4.69) is 28.5 Å². The van der Waals surface area contributed by atoms with E-state index in [1.165, 1.54) is 11.8 Å². The van der Waals surface area contributed by atoms with Crippen molar-refractivity contribution in [1.82, 2.24) is 14.8 Å². The SMILES string of the molecule is Cc1ccccc1NC(=O)[C@@H](C)Sc1nnc(-c2ccccc2C)n1-c1ccccc1. The Balaban J connectivity index is 1.66. The molecular weight excluding hydrogens is 404 g/mol. The average Bonchev–Trinajstić information content (AvgIpc) is 3.19. The fraction of sp³-hybridized carbons (Fsp3) is 0.160. The number of aryl methyl sites for hydroxylation is 2. The zero-order valence-electron chi connectivity index (χ0n) is 17.7. The van der Waals surface area contributed by atoms with Crippen molar-refractivity contribution in [3.05, 3.63) is 90.0 Å². The van der Waals surface area contributed by atoms with Gasteiger partial charge in [-0.1, -0.05) is 72.4 Å². The van der Waals surface area contributed by atoms with Crippen LogP contribution in [0.5, 0.6) is 0 Å². The zero-order valence-corrected chi connectivity index (χ0v) is 18.6. The first-order chi connectivity index (χ1) is 15.0. The molecule has 156 valence electrons. The van der Waals surface area contributed by atoms with Crippen molar-refractivity contribution < 1.29 is 4.79 Å². The summed E-state index contributed by atoms with van der Waals surface area (Å²) < 4.78 is 2.02. The molecule has 0 bridgehead atoms. The second-order valence-electron chi connectivity index (χ2n) is 7.36. The van der Waals surface area contributed by atoms with Crippen molar-refractivity contribution in [2.24, 2.45) is 0 Å². The fourth-order valence-electron chi connectivity index (χ4n) is 3.31. The van der Waals surface area contributed by atoms with Gasteiger partial charge < -0.3 is 5.32 Å². The second kappa shape index (κ2) is 9.18. The summed E-state index contributed by atoms with van der Waals surface area (Å²) in [4.78, 5) is 12.9. The maximum Gasteiger partial charge on any atom is 0.237 e. The number of rotatable bonds is 6. The predicted molar refractivity (Wildman–Crippen MR) is 127 cm³/mol. The number of hydrogen-bond donors (Lipinski definition) is 1. The highest BCUT2D eigenvalue weighted by Gasteiger charge is 2.22. The third-order valence-corrected chi connectivity index (χ3v) is 6.13. The van der Waals surface area contributed by atoms with Gasteiger partial charge in [0.2, 0.25) is 5.91 Å². The Bertz CT molecular complexity index is 1200. The quantitative estimate of drug-likeness (QED) is 0.402. The van der Waals surface area contributed by atoms with Crippen LogP contribution in [0.1, 0.15) is 18.1 Å². The highest BCUT2D eigenvalue weighted by molar-refractivity contribution is 8.00. The van der Waals surface area contributed by atoms with Crippen molar-refractivity contribution in [3.8, 4) is 17.1 Å². The minimum absolute atomic E-state index is 0.0700. The molecular formula is C25H24N4OS. The molecule has 4 aromatic rings. The summed E-state index contributed by atoms with van der Waals surface area (Å²) in [5.41, 5.74) is 4.95. The molecule has 0 unspecified atom stereocenters. The van der Waals surface area contributed by atoms with Gasteiger partial charge in [-0.25, -0.2) is 0 Å². The van der Waals surface area contributed by atoms with Crippen molar-refractivity contribution in [1.29, 1.82) is 0 Å². The van der Waals surface area contributed by atoms with Crippen LogP contribution < -0.4 is 5.32 Å². The molecule has 31 heavy (non-hydrogen) atoms. The maximum absolute atomic E-state index is 12.9. The lowest BCUT2D eigenvalue weighted by atomic mass is 10.1. The highest BCUT2D eigenvalue weighted by Crippen LogP contribution is 2.31. The van der Waals surface area contributed by atoms with E-state index in [4.69, 9.17) is 0 Å². The van der Waals surface area contributed by atoms with Crippen molar-refractivity contribution in [2.75, 3.05) is 5.32 Å². The summed E-state index contributed by atoms with van der Waals surface area (Å²) in [5.74, 6) is 0.692. The number of carbonyl (C=O) groups excluding carboxylic acids is 1. The van der Waals surface area contributed by atoms with E-state index in [9.17, 15) is 4.79 Å². The third kappa shape index (κ3) is 4.54. The van der Waals surface area contributed by atoms with Gasteiger partial charge in [0.1, 0.15) is 0 Å². The van der Waals surface area contributed by atoms with Crippen LogP contribution in [-0.2, 0) is 4.79 Å². The number of nitrogens with zero attached hydrogens (tertiary/aromatic N) is 3. The molecule has 1 heterocycles. The number of hydrogen-bond acceptors (Lipinski definition) is 4. The van der Waals surface area contributed by atoms with Crippen LogP contribution in [0.2, 0.25) is 0 Å². The van der Waals surface area contributed by atoms with E-state index >= 15 is 0 Å². The van der Waals surface area contributed by atoms with E-state index in [1.807, 2.05) is 91.2 Å². The fourth-order valence-corrected chi connectivity index (χ4v) is 4.18. The predicted octanol–water partition coefficient (Wildman–Crippen LogP) is 5.67. The van der Waals surface area contributed by atoms with Crippen LogP contribution in [0.4, 0.5) is 5.69 Å². The van der Waals surface area contributed by atoms with E-state index < -0.39 is 0 Å². The third-order valence-electron chi connectivity index (χ3n) is 5.09. The topological polar surface area (TPSA) is 59.8 Å². The average molecular weight is 429 g/mol. The lowest BCUT2D eigenvalue weighted by Gasteiger charge is -2.15. The molecule has 1 amide bonds. The zero-order chi connectivity index (χ0) is 21.8. The number of para-hydroxylation sites is 2. The first-order valence-corrected chi connectivity index (χ1v) is 11.0. The van der Waals surface area contributed by atoms with Crippen LogP contribution in [-0.4, -0.2) is 25.9 Å². The lowest BCUT2D eigenvalue weighted by molar-refractivity contribution is -0.115. The summed E-state index contributed by atoms with van der Waals surface area (Å²) in [6.45, 7) is 5.92. The minimum Gasteiger partial charge on any atom is -0.325 e. The molecule has 0 aliphatic heterocycles. The Morgan fingerprint density at radius 2 is 1.52 bits per heavy atom. The van der Waals surface area contributed by atoms with Crippen LogP contribution >= 0.6 is 11.8 Å². The molecule has 0 spiro atoms. The lowest BCUT2D eigenvalue weighted by Crippen LogP contribution is -2.23. The number of aromatic nitrogens is 3. The monoisotopic (exact) mass is 428 g/mol. The van der Waals surface area contributed by atoms with Gasteiger partial charge >= 0.3 is 0 Å². The van der Waals surface area contributed by atoms with Gasteiger partial charge in [-0.05, 0) is 50.1 Å². The van der Waals surface area contributed by atoms with Crippen molar-refractivity contribution in [2.45, 2.75) is 31.2 Å². The Kier molecular flexibility index (Phi) is 6.18. The molecule has 0 aliphatic rings. The second-order valence-corrected chi connectivity index (χ2v) is 8.66. The van der Waals surface area contributed by atoms with E-state index in [-0.39, 0.29) is 11.2 Å². The van der Waals surface area contributed by atoms with Gasteiger partial charge in [0.15, 0.2) is 11.0 Å². The number of thioether (sulfide) groups is 1. The van der Waals surface area contributed by atoms with Crippen molar-refractivity contribution in [3.63, 3.8) is 0 Å². The molecule has 3 aromatic carbocycles. The van der Waals surface area contributed by atoms with Gasteiger partial charge in [-0.2, -0.15) is 0 Å². The van der Waals surface area contributed by atoms with E-state index in [1.54, 1.807) is 0 Å². The Hall–Kier alpha value is -3.38. The molecule has 1 N–H and O–H groups in total. The number of anilines is 1. The number of amides is 1. The molecule has 6 heteroatoms. The van der Waals surface area contributed by atoms with Gasteiger partial charge in [0.05, 0.1) is 5.25 Å². The molecule has 1 atom stereocenters. The number of nitrogens with one attached hydrogen (secondary N) is 1. The Morgan fingerprint density at radius 1 is 0.871 bits per heavy atom. The molecule has 0 fully saturated rings. The standard InChI is InChI=1S/C25H24N4OS/c1-17-11-7-9-15-21(17)23-27-28-25(29(23)20-13-5-4-6-14-20)31-19(3)24(30)26-22-16-10-8-12-18(22)2/h4-16,19H,1-3H3,(H,26,30)/t19-/m1/s1. The first-order valence-electron chi connectivity index (χ1n) is 10.1. The van der Waals surface area contributed by atoms with Crippen LogP contribution in [0.15, 0.2) is 84.0 Å². The molecule has 0 saturated carbocycles. The largest absolute Gasteiger partial charge is 0.325 e. The molecule has 1 aromatic heterocycles. The first kappa shape index (κ1) is 20.9. The van der Waals surface area contributed by atoms with Gasteiger partial charge in [-0.3, -0.25) is 9.36 Å². The Morgan fingerprint density at radius 3 is 2.23 bits per heavy atom. The highest BCUT2D eigenvalue weighted by atomic mass is 32.2. The van der Waals surface area contributed by atoms with E-state index in [0.29, 0.717) is 5.16 Å². The summed E-state index contributed by atoms with van der Waals surface area (Å²) in [6.07, 6.45) is 0. The number of carbonyl (C=O) groups is 1. The van der Waals surface area contributed by atoms with Gasteiger partial charge in [-0.15, -0.1) is 10.2 Å². The van der Waals surface area contributed by atoms with Gasteiger partial charge in [0.25, 0.3) is 0 Å². The summed E-state index contributed by atoms with van der Waals surface area (Å²) in [6, 6.07) is 25.9. The smallest absolute Gasteiger partial charge is 0.237 e. The normalized spacial score (nSPS) is 11.8. The Labute approximate surface area is 186 Å². The van der Waals surface area contributed by atoms with Crippen LogP contribution in [0.3, 0.4) is 0 Å².